The number of nitrogens with zero attached hydrogens (tertiary/aromatic N) is 2. The number of fused-ring (bicyclic) bond motifs is 1. The number of rotatable bonds is 3. The maximum absolute atomic E-state index is 10.8. The molecule has 0 aliphatic carbocycles. The van der Waals surface area contributed by atoms with Crippen molar-refractivity contribution < 1.29 is 9.90 Å². The zero-order valence-electron chi connectivity index (χ0n) is 10.2. The Bertz CT molecular complexity index is 806. The smallest absolute Gasteiger partial charge is 0.328 e. The maximum atomic E-state index is 10.8. The van der Waals surface area contributed by atoms with Crippen molar-refractivity contribution >= 4 is 40.6 Å². The van der Waals surface area contributed by atoms with Crippen LogP contribution in [0.4, 0.5) is 0 Å². The molecule has 0 bridgehead atoms. The first kappa shape index (κ1) is 12.9. The molecule has 1 N–H and O–H groups in total. The Kier molecular flexibility index (Phi) is 3.30. The first-order chi connectivity index (χ1) is 9.65. The summed E-state index contributed by atoms with van der Waals surface area (Å²) in [5.41, 5.74) is 2.18. The summed E-state index contributed by atoms with van der Waals surface area (Å²) in [6.07, 6.45) is 4.36. The van der Waals surface area contributed by atoms with E-state index in [1.165, 1.54) is 6.08 Å². The monoisotopic (exact) mass is 304 g/mol. The molecule has 100 valence electrons. The van der Waals surface area contributed by atoms with Crippen LogP contribution in [0.5, 0.6) is 0 Å². The molecule has 3 aromatic heterocycles. The predicted octanol–water partition coefficient (Wildman–Crippen LogP) is 3.81. The standard InChI is InChI=1S/C14H9ClN2O2S/c15-9-3-5-12-16-14(11-2-1-7-20-11)10(17(12)8-9)4-6-13(18)19/h1-8H,(H,18,19)/b6-4+. The Morgan fingerprint density at radius 2 is 2.25 bits per heavy atom. The van der Waals surface area contributed by atoms with E-state index in [1.54, 1.807) is 34.1 Å². The van der Waals surface area contributed by atoms with E-state index in [2.05, 4.69) is 4.98 Å². The second-order valence-electron chi connectivity index (χ2n) is 4.07. The number of aromatic nitrogens is 2. The molecule has 0 aromatic carbocycles. The molecule has 0 unspecified atom stereocenters. The Hall–Kier alpha value is -2.11. The summed E-state index contributed by atoms with van der Waals surface area (Å²) in [7, 11) is 0. The predicted molar refractivity (Wildman–Crippen MR) is 80.2 cm³/mol. The summed E-state index contributed by atoms with van der Waals surface area (Å²) < 4.78 is 1.79. The van der Waals surface area contributed by atoms with Crippen LogP contribution in [0, 0.1) is 0 Å². The van der Waals surface area contributed by atoms with E-state index in [0.717, 1.165) is 22.3 Å². The molecule has 20 heavy (non-hydrogen) atoms. The quantitative estimate of drug-likeness (QED) is 0.749. The summed E-state index contributed by atoms with van der Waals surface area (Å²) in [4.78, 5) is 16.3. The van der Waals surface area contributed by atoms with Crippen molar-refractivity contribution in [2.45, 2.75) is 0 Å². The van der Waals surface area contributed by atoms with E-state index in [9.17, 15) is 4.79 Å². The number of carbonyl (C=O) groups is 1. The molecule has 3 rings (SSSR count). The molecule has 3 heterocycles. The van der Waals surface area contributed by atoms with E-state index < -0.39 is 5.97 Å². The molecule has 4 nitrogen and oxygen atoms in total. The summed E-state index contributed by atoms with van der Waals surface area (Å²) in [6.45, 7) is 0. The summed E-state index contributed by atoms with van der Waals surface area (Å²) in [6, 6.07) is 7.44. The van der Waals surface area contributed by atoms with Gasteiger partial charge in [-0.25, -0.2) is 9.78 Å². The van der Waals surface area contributed by atoms with Crippen LogP contribution in [-0.2, 0) is 4.79 Å². The van der Waals surface area contributed by atoms with E-state index in [1.807, 2.05) is 17.5 Å². The fourth-order valence-corrected chi connectivity index (χ4v) is 2.82. The number of aliphatic carboxylic acids is 1. The van der Waals surface area contributed by atoms with Crippen LogP contribution >= 0.6 is 22.9 Å². The second kappa shape index (κ2) is 5.11. The van der Waals surface area contributed by atoms with Gasteiger partial charge in [-0.1, -0.05) is 17.7 Å². The van der Waals surface area contributed by atoms with E-state index in [-0.39, 0.29) is 0 Å². The van der Waals surface area contributed by atoms with Crippen molar-refractivity contribution in [3.05, 3.63) is 52.6 Å². The highest BCUT2D eigenvalue weighted by Crippen LogP contribution is 2.29. The van der Waals surface area contributed by atoms with Gasteiger partial charge < -0.3 is 5.11 Å². The molecule has 0 amide bonds. The Morgan fingerprint density at radius 3 is 2.95 bits per heavy atom. The molecule has 0 saturated heterocycles. The van der Waals surface area contributed by atoms with E-state index in [4.69, 9.17) is 16.7 Å². The maximum Gasteiger partial charge on any atom is 0.328 e. The minimum Gasteiger partial charge on any atom is -0.478 e. The molecule has 6 heteroatoms. The highest BCUT2D eigenvalue weighted by molar-refractivity contribution is 7.13. The minimum absolute atomic E-state index is 0.567. The van der Waals surface area contributed by atoms with Gasteiger partial charge in [0, 0.05) is 12.3 Å². The molecule has 0 spiro atoms. The van der Waals surface area contributed by atoms with Crippen molar-refractivity contribution in [2.24, 2.45) is 0 Å². The average Bonchev–Trinajstić information content (AvgIpc) is 3.02. The van der Waals surface area contributed by atoms with Crippen LogP contribution in [0.3, 0.4) is 0 Å². The first-order valence-corrected chi connectivity index (χ1v) is 7.03. The largest absolute Gasteiger partial charge is 0.478 e. The van der Waals surface area contributed by atoms with Crippen LogP contribution in [0.2, 0.25) is 5.02 Å². The highest BCUT2D eigenvalue weighted by Gasteiger charge is 2.13. The van der Waals surface area contributed by atoms with Crippen LogP contribution in [0.25, 0.3) is 22.3 Å². The number of pyridine rings is 1. The van der Waals surface area contributed by atoms with Gasteiger partial charge in [0.25, 0.3) is 0 Å². The molecule has 3 aromatic rings. The first-order valence-electron chi connectivity index (χ1n) is 5.77. The Morgan fingerprint density at radius 1 is 1.40 bits per heavy atom. The van der Waals surface area contributed by atoms with Gasteiger partial charge in [0.2, 0.25) is 0 Å². The third-order valence-corrected chi connectivity index (χ3v) is 3.86. The van der Waals surface area contributed by atoms with E-state index >= 15 is 0 Å². The molecular formula is C14H9ClN2O2S. The molecule has 0 fully saturated rings. The average molecular weight is 305 g/mol. The fourth-order valence-electron chi connectivity index (χ4n) is 1.94. The number of imidazole rings is 1. The van der Waals surface area contributed by atoms with Gasteiger partial charge in [0.1, 0.15) is 11.3 Å². The highest BCUT2D eigenvalue weighted by atomic mass is 35.5. The third-order valence-electron chi connectivity index (χ3n) is 2.76. The summed E-state index contributed by atoms with van der Waals surface area (Å²) >= 11 is 7.55. The molecule has 0 radical (unpaired) electrons. The van der Waals surface area contributed by atoms with Gasteiger partial charge in [-0.2, -0.15) is 0 Å². The van der Waals surface area contributed by atoms with Gasteiger partial charge in [-0.05, 0) is 29.7 Å². The van der Waals surface area contributed by atoms with Crippen LogP contribution in [-0.4, -0.2) is 20.5 Å². The van der Waals surface area contributed by atoms with Gasteiger partial charge in [0.15, 0.2) is 0 Å². The second-order valence-corrected chi connectivity index (χ2v) is 5.45. The van der Waals surface area contributed by atoms with Crippen LogP contribution < -0.4 is 0 Å². The van der Waals surface area contributed by atoms with Crippen molar-refractivity contribution in [3.63, 3.8) is 0 Å². The number of thiophene rings is 1. The van der Waals surface area contributed by atoms with Gasteiger partial charge in [0.05, 0.1) is 15.6 Å². The minimum atomic E-state index is -1.00. The lowest BCUT2D eigenvalue weighted by Gasteiger charge is -1.98. The van der Waals surface area contributed by atoms with E-state index in [0.29, 0.717) is 10.7 Å². The van der Waals surface area contributed by atoms with Crippen molar-refractivity contribution in [2.75, 3.05) is 0 Å². The summed E-state index contributed by atoms with van der Waals surface area (Å²) in [5, 5.41) is 11.3. The van der Waals surface area contributed by atoms with Crippen LogP contribution in [0.1, 0.15) is 5.69 Å². The molecule has 0 aliphatic rings. The molecule has 0 saturated carbocycles. The topological polar surface area (TPSA) is 54.6 Å². The van der Waals surface area contributed by atoms with Crippen molar-refractivity contribution in [1.82, 2.24) is 9.38 Å². The number of halogens is 1. The van der Waals surface area contributed by atoms with Crippen molar-refractivity contribution in [3.8, 4) is 10.6 Å². The lowest BCUT2D eigenvalue weighted by molar-refractivity contribution is -0.131. The zero-order valence-corrected chi connectivity index (χ0v) is 11.7. The number of carboxylic acid groups (broad SMARTS) is 1. The fraction of sp³-hybridized carbons (Fsp3) is 0. The van der Waals surface area contributed by atoms with Gasteiger partial charge in [-0.15, -0.1) is 11.3 Å². The molecular weight excluding hydrogens is 296 g/mol. The Balaban J connectivity index is 2.28. The lowest BCUT2D eigenvalue weighted by atomic mass is 10.2. The number of carboxylic acids is 1. The molecule has 0 aliphatic heterocycles. The third kappa shape index (κ3) is 2.33. The number of hydrogen-bond acceptors (Lipinski definition) is 3. The zero-order chi connectivity index (χ0) is 14.1. The van der Waals surface area contributed by atoms with Gasteiger partial charge in [-0.3, -0.25) is 4.40 Å². The van der Waals surface area contributed by atoms with Gasteiger partial charge >= 0.3 is 5.97 Å². The van der Waals surface area contributed by atoms with Crippen LogP contribution in [0.15, 0.2) is 41.9 Å². The lowest BCUT2D eigenvalue weighted by Crippen LogP contribution is -1.90. The SMILES string of the molecule is O=C(O)/C=C/c1c(-c2cccs2)nc2ccc(Cl)cn12. The normalized spacial score (nSPS) is 11.4. The Labute approximate surface area is 123 Å². The molecule has 0 atom stereocenters. The van der Waals surface area contributed by atoms with Crippen molar-refractivity contribution in [1.29, 1.82) is 0 Å². The summed E-state index contributed by atoms with van der Waals surface area (Å²) in [5.74, 6) is -1.00. The number of hydrogen-bond donors (Lipinski definition) is 1.